The van der Waals surface area contributed by atoms with Gasteiger partial charge in [-0.05, 0) is 72.3 Å². The minimum absolute atomic E-state index is 0.0131. The van der Waals surface area contributed by atoms with Crippen LogP contribution in [0.3, 0.4) is 0 Å². The number of aromatic nitrogens is 3. The van der Waals surface area contributed by atoms with Gasteiger partial charge >= 0.3 is 12.4 Å². The summed E-state index contributed by atoms with van der Waals surface area (Å²) in [6.07, 6.45) is -0.344. The number of amidine groups is 1. The van der Waals surface area contributed by atoms with Crippen molar-refractivity contribution in [2.45, 2.75) is 26.8 Å². The van der Waals surface area contributed by atoms with Crippen molar-refractivity contribution in [2.75, 3.05) is 23.1 Å². The molecule has 0 bridgehead atoms. The highest BCUT2D eigenvalue weighted by Gasteiger charge is 2.31. The molecule has 10 nitrogen and oxygen atoms in total. The molecular weight excluding hydrogens is 647 g/mol. The Morgan fingerprint density at radius 3 is 2.40 bits per heavy atom. The highest BCUT2D eigenvalue weighted by Crippen LogP contribution is 2.27. The fourth-order valence-corrected chi connectivity index (χ4v) is 4.83. The van der Waals surface area contributed by atoms with Crippen molar-refractivity contribution in [2.24, 2.45) is 4.99 Å². The van der Waals surface area contributed by atoms with Crippen LogP contribution in [0.2, 0.25) is 0 Å². The number of thioether (sulfide) groups is 1. The lowest BCUT2D eigenvalue weighted by Crippen LogP contribution is -2.30. The van der Waals surface area contributed by atoms with Crippen molar-refractivity contribution < 1.29 is 41.0 Å². The number of ether oxygens (including phenoxy) is 2. The molecular formula is C31H27F5N6O4S. The Balaban J connectivity index is 1.49. The third-order valence-corrected chi connectivity index (χ3v) is 6.98. The van der Waals surface area contributed by atoms with Gasteiger partial charge < -0.3 is 14.8 Å². The molecule has 1 heterocycles. The maximum atomic E-state index is 15.0. The third kappa shape index (κ3) is 9.46. The van der Waals surface area contributed by atoms with Gasteiger partial charge in [0.2, 0.25) is 6.41 Å². The van der Waals surface area contributed by atoms with Gasteiger partial charge in [0, 0.05) is 12.7 Å². The van der Waals surface area contributed by atoms with E-state index >= 15 is 0 Å². The molecule has 1 aromatic heterocycles. The summed E-state index contributed by atoms with van der Waals surface area (Å²) in [5.74, 6) is -2.02. The molecule has 0 aliphatic carbocycles. The Bertz CT molecular complexity index is 1770. The lowest BCUT2D eigenvalue weighted by atomic mass is 10.1. The van der Waals surface area contributed by atoms with E-state index in [0.29, 0.717) is 29.1 Å². The second-order valence-corrected chi connectivity index (χ2v) is 10.8. The molecule has 0 radical (unpaired) electrons. The first-order chi connectivity index (χ1) is 22.4. The molecule has 0 atom stereocenters. The van der Waals surface area contributed by atoms with Crippen molar-refractivity contribution in [3.05, 3.63) is 95.1 Å². The van der Waals surface area contributed by atoms with Crippen LogP contribution in [-0.4, -0.2) is 51.6 Å². The summed E-state index contributed by atoms with van der Waals surface area (Å²) < 4.78 is 77.4. The van der Waals surface area contributed by atoms with E-state index in [4.69, 9.17) is 4.74 Å². The van der Waals surface area contributed by atoms with Crippen LogP contribution < -0.4 is 15.0 Å². The highest BCUT2D eigenvalue weighted by molar-refractivity contribution is 8.14. The molecule has 0 aliphatic heterocycles. The van der Waals surface area contributed by atoms with E-state index in [1.165, 1.54) is 47.3 Å². The van der Waals surface area contributed by atoms with Gasteiger partial charge in [-0.2, -0.15) is 4.99 Å². The van der Waals surface area contributed by atoms with E-state index in [0.717, 1.165) is 41.6 Å². The van der Waals surface area contributed by atoms with E-state index < -0.39 is 35.5 Å². The van der Waals surface area contributed by atoms with E-state index in [1.807, 2.05) is 13.0 Å². The van der Waals surface area contributed by atoms with Crippen LogP contribution >= 0.6 is 11.8 Å². The van der Waals surface area contributed by atoms with Gasteiger partial charge in [-0.1, -0.05) is 36.9 Å². The molecule has 4 aromatic rings. The van der Waals surface area contributed by atoms with Crippen molar-refractivity contribution in [3.63, 3.8) is 0 Å². The number of nitrogens with one attached hydrogen (secondary N) is 1. The molecule has 0 fully saturated rings. The minimum Gasteiger partial charge on any atom is -0.406 e. The first kappa shape index (κ1) is 34.8. The van der Waals surface area contributed by atoms with Crippen molar-refractivity contribution in [1.82, 2.24) is 14.8 Å². The third-order valence-electron chi connectivity index (χ3n) is 6.15. The van der Waals surface area contributed by atoms with E-state index in [2.05, 4.69) is 25.1 Å². The number of aryl methyl sites for hydroxylation is 1. The molecule has 1 N–H and O–H groups in total. The Morgan fingerprint density at radius 1 is 1.09 bits per heavy atom. The summed E-state index contributed by atoms with van der Waals surface area (Å²) in [6, 6.07) is 11.1. The predicted octanol–water partition coefficient (Wildman–Crippen LogP) is 7.37. The van der Waals surface area contributed by atoms with Crippen LogP contribution in [0.25, 0.3) is 17.8 Å². The van der Waals surface area contributed by atoms with E-state index in [1.54, 1.807) is 19.1 Å². The van der Waals surface area contributed by atoms with Crippen LogP contribution in [0.15, 0.2) is 65.9 Å². The first-order valence-corrected chi connectivity index (χ1v) is 14.7. The van der Waals surface area contributed by atoms with Crippen molar-refractivity contribution in [1.29, 1.82) is 0 Å². The van der Waals surface area contributed by atoms with Gasteiger partial charge in [-0.15, -0.1) is 18.3 Å². The number of urea groups is 1. The number of hydrogen-bond acceptors (Lipinski definition) is 7. The lowest BCUT2D eigenvalue weighted by Gasteiger charge is -2.22. The number of alkyl halides is 3. The Hall–Kier alpha value is -5.09. The van der Waals surface area contributed by atoms with Crippen LogP contribution in [0, 0.1) is 18.6 Å². The Kier molecular flexibility index (Phi) is 11.4. The lowest BCUT2D eigenvalue weighted by molar-refractivity contribution is -0.274. The predicted molar refractivity (Wildman–Crippen MR) is 168 cm³/mol. The van der Waals surface area contributed by atoms with E-state index in [9.17, 15) is 31.5 Å². The summed E-state index contributed by atoms with van der Waals surface area (Å²) in [5.41, 5.74) is 1.66. The fraction of sp³-hybridized carbons (Fsp3) is 0.194. The molecule has 0 aliphatic rings. The number of carbonyl (C=O) groups is 2. The number of halogens is 5. The van der Waals surface area contributed by atoms with Crippen LogP contribution in [0.4, 0.5) is 38.1 Å². The second kappa shape index (κ2) is 15.5. The number of nitrogens with zero attached hydrogens (tertiary/aromatic N) is 5. The van der Waals surface area contributed by atoms with Gasteiger partial charge in [0.25, 0.3) is 0 Å². The molecule has 0 saturated carbocycles. The molecule has 0 saturated heterocycles. The molecule has 0 spiro atoms. The summed E-state index contributed by atoms with van der Waals surface area (Å²) in [6.45, 7) is 3.80. The zero-order valence-corrected chi connectivity index (χ0v) is 25.9. The van der Waals surface area contributed by atoms with Gasteiger partial charge in [0.15, 0.2) is 11.0 Å². The average molecular weight is 675 g/mol. The fourth-order valence-electron chi connectivity index (χ4n) is 4.14. The Labute approximate surface area is 269 Å². The largest absolute Gasteiger partial charge is 0.573 e. The summed E-state index contributed by atoms with van der Waals surface area (Å²) in [5, 5.41) is 6.26. The molecule has 47 heavy (non-hydrogen) atoms. The normalized spacial score (nSPS) is 12.0. The second-order valence-electron chi connectivity index (χ2n) is 9.58. The van der Waals surface area contributed by atoms with Gasteiger partial charge in [0.05, 0.1) is 18.0 Å². The van der Waals surface area contributed by atoms with Crippen molar-refractivity contribution in [3.8, 4) is 11.4 Å². The number of aliphatic imine (C=N–C) groups is 1. The standard InChI is InChI=1S/C31H27F5N6O4S/c1-4-47-30(41(18-43)26-13-19(2)5-7-21(26)16-45-3)39-29(44)38-28-24(32)14-20(15-25(28)33)6-12-27-37-17-42(40-27)22-8-10-23(11-9-22)46-31(34,35)36/h5-15,17-18H,4,16H2,1-3H3,(H,38,44)/b12-6+,39-30-. The smallest absolute Gasteiger partial charge is 0.406 e. The number of rotatable bonds is 10. The zero-order chi connectivity index (χ0) is 34.1. The minimum atomic E-state index is -4.82. The number of benzene rings is 3. The molecule has 4 rings (SSSR count). The molecule has 0 unspecified atom stereocenters. The number of methoxy groups -OCH3 is 1. The summed E-state index contributed by atoms with van der Waals surface area (Å²) in [7, 11) is 1.50. The zero-order valence-electron chi connectivity index (χ0n) is 25.1. The van der Waals surface area contributed by atoms with Crippen molar-refractivity contribution >= 4 is 52.9 Å². The number of hydrogen-bond donors (Lipinski definition) is 1. The van der Waals surface area contributed by atoms with Crippen LogP contribution in [0.5, 0.6) is 5.75 Å². The summed E-state index contributed by atoms with van der Waals surface area (Å²) in [4.78, 5) is 34.1. The maximum absolute atomic E-state index is 15.0. The molecule has 3 amide bonds. The van der Waals surface area contributed by atoms with Gasteiger partial charge in [-0.25, -0.2) is 23.2 Å². The Morgan fingerprint density at radius 2 is 1.79 bits per heavy atom. The number of carbonyl (C=O) groups excluding carboxylic acids is 2. The van der Waals surface area contributed by atoms with E-state index in [-0.39, 0.29) is 23.2 Å². The SMILES string of the molecule is CCS/C(=N\C(=O)Nc1c(F)cc(/C=C/c2ncn(-c3ccc(OC(F)(F)F)cc3)n2)cc1F)N(C=O)c1cc(C)ccc1COC. The molecule has 246 valence electrons. The van der Waals surface area contributed by atoms with Crippen LogP contribution in [0.1, 0.15) is 29.4 Å². The van der Waals surface area contributed by atoms with Gasteiger partial charge in [0.1, 0.15) is 29.4 Å². The average Bonchev–Trinajstić information content (AvgIpc) is 3.48. The van der Waals surface area contributed by atoms with Crippen LogP contribution in [-0.2, 0) is 16.1 Å². The summed E-state index contributed by atoms with van der Waals surface area (Å²) >= 11 is 1.08. The molecule has 16 heteroatoms. The molecule has 3 aromatic carbocycles. The topological polar surface area (TPSA) is 111 Å². The maximum Gasteiger partial charge on any atom is 0.573 e. The number of amides is 3. The highest BCUT2D eigenvalue weighted by atomic mass is 32.2. The van der Waals surface area contributed by atoms with Gasteiger partial charge in [-0.3, -0.25) is 9.69 Å². The monoisotopic (exact) mass is 674 g/mol. The number of anilines is 2. The first-order valence-electron chi connectivity index (χ1n) is 13.7. The quantitative estimate of drug-likeness (QED) is 0.0809.